The maximum atomic E-state index is 12.2. The van der Waals surface area contributed by atoms with Crippen molar-refractivity contribution in [2.75, 3.05) is 5.75 Å². The zero-order valence-electron chi connectivity index (χ0n) is 14.7. The molecule has 2 aromatic carbocycles. The molecule has 134 valence electrons. The van der Waals surface area contributed by atoms with Crippen LogP contribution in [0.2, 0.25) is 5.02 Å². The zero-order valence-corrected chi connectivity index (χ0v) is 16.3. The number of hydrogen-bond donors (Lipinski definition) is 0. The van der Waals surface area contributed by atoms with Gasteiger partial charge in [0.25, 0.3) is 0 Å². The lowest BCUT2D eigenvalue weighted by atomic mass is 10.1. The molecule has 0 bridgehead atoms. The van der Waals surface area contributed by atoms with Crippen LogP contribution < -0.4 is 4.74 Å². The fraction of sp³-hybridized carbons (Fsp3) is 0.211. The summed E-state index contributed by atoms with van der Waals surface area (Å²) in [6.45, 7) is 5.97. The number of nitrogens with zero attached hydrogens (tertiary/aromatic N) is 3. The van der Waals surface area contributed by atoms with Crippen LogP contribution in [0.1, 0.15) is 16.7 Å². The fourth-order valence-electron chi connectivity index (χ4n) is 2.38. The summed E-state index contributed by atoms with van der Waals surface area (Å²) in [5.41, 5.74) is 4.18. The minimum absolute atomic E-state index is 0.131. The molecule has 0 amide bonds. The quantitative estimate of drug-likeness (QED) is 0.365. The molecule has 3 rings (SSSR count). The number of aromatic nitrogens is 3. The number of aryl methyl sites for hydroxylation is 3. The highest BCUT2D eigenvalue weighted by Crippen LogP contribution is 2.24. The highest BCUT2D eigenvalue weighted by atomic mass is 35.5. The minimum atomic E-state index is -0.352. The first kappa shape index (κ1) is 18.5. The summed E-state index contributed by atoms with van der Waals surface area (Å²) in [5.74, 6) is 0.289. The van der Waals surface area contributed by atoms with Crippen LogP contribution in [0, 0.1) is 20.8 Å². The van der Waals surface area contributed by atoms with E-state index in [1.807, 2.05) is 17.6 Å². The highest BCUT2D eigenvalue weighted by Gasteiger charge is 2.13. The minimum Gasteiger partial charge on any atom is -0.426 e. The second kappa shape index (κ2) is 7.93. The van der Waals surface area contributed by atoms with Crippen LogP contribution in [0.15, 0.2) is 47.9 Å². The van der Waals surface area contributed by atoms with Gasteiger partial charge in [0.1, 0.15) is 12.1 Å². The third-order valence-corrected chi connectivity index (χ3v) is 5.12. The summed E-state index contributed by atoms with van der Waals surface area (Å²) in [4.78, 5) is 12.2. The van der Waals surface area contributed by atoms with Crippen molar-refractivity contribution in [1.29, 1.82) is 0 Å². The first-order chi connectivity index (χ1) is 12.4. The number of ether oxygens (including phenoxy) is 1. The molecule has 0 spiro atoms. The Labute approximate surface area is 161 Å². The topological polar surface area (TPSA) is 57.0 Å². The predicted octanol–water partition coefficient (Wildman–Crippen LogP) is 4.54. The monoisotopic (exact) mass is 387 g/mol. The molecule has 0 unspecified atom stereocenters. The van der Waals surface area contributed by atoms with E-state index >= 15 is 0 Å². The number of esters is 1. The van der Waals surface area contributed by atoms with Crippen LogP contribution in [-0.2, 0) is 4.79 Å². The van der Waals surface area contributed by atoms with Crippen molar-refractivity contribution in [3.8, 4) is 11.4 Å². The average Bonchev–Trinajstić information content (AvgIpc) is 3.06. The number of carbonyl (C=O) groups excluding carboxylic acids is 1. The van der Waals surface area contributed by atoms with Crippen LogP contribution >= 0.6 is 23.4 Å². The molecular weight excluding hydrogens is 370 g/mol. The van der Waals surface area contributed by atoms with E-state index in [4.69, 9.17) is 16.3 Å². The Morgan fingerprint density at radius 3 is 2.65 bits per heavy atom. The molecule has 0 atom stereocenters. The van der Waals surface area contributed by atoms with Crippen molar-refractivity contribution >= 4 is 29.3 Å². The van der Waals surface area contributed by atoms with Gasteiger partial charge in [-0.3, -0.25) is 9.36 Å². The summed E-state index contributed by atoms with van der Waals surface area (Å²) >= 11 is 7.20. The third-order valence-electron chi connectivity index (χ3n) is 3.97. The Balaban J connectivity index is 1.68. The van der Waals surface area contributed by atoms with Gasteiger partial charge in [0, 0.05) is 10.7 Å². The van der Waals surface area contributed by atoms with Crippen molar-refractivity contribution in [2.45, 2.75) is 25.9 Å². The van der Waals surface area contributed by atoms with Crippen LogP contribution in [0.5, 0.6) is 5.75 Å². The standard InChI is InChI=1S/C19H18ClN3O2S/c1-12-4-6-16(9-13(12)2)23-11-21-22-19(23)26-10-18(24)25-17-7-5-15(20)8-14(17)3/h4-9,11H,10H2,1-3H3. The van der Waals surface area contributed by atoms with Gasteiger partial charge in [0.05, 0.1) is 5.75 Å². The number of thioether (sulfide) groups is 1. The molecule has 7 heteroatoms. The van der Waals surface area contributed by atoms with E-state index in [-0.39, 0.29) is 11.7 Å². The van der Waals surface area contributed by atoms with Gasteiger partial charge in [-0.2, -0.15) is 0 Å². The third kappa shape index (κ3) is 4.26. The molecule has 5 nitrogen and oxygen atoms in total. The van der Waals surface area contributed by atoms with E-state index < -0.39 is 0 Å². The number of benzene rings is 2. The van der Waals surface area contributed by atoms with Gasteiger partial charge in [-0.15, -0.1) is 10.2 Å². The molecule has 0 N–H and O–H groups in total. The first-order valence-corrected chi connectivity index (χ1v) is 9.37. The van der Waals surface area contributed by atoms with Crippen molar-refractivity contribution in [3.63, 3.8) is 0 Å². The summed E-state index contributed by atoms with van der Waals surface area (Å²) in [6.07, 6.45) is 1.64. The van der Waals surface area contributed by atoms with Gasteiger partial charge in [0.15, 0.2) is 5.16 Å². The van der Waals surface area contributed by atoms with Gasteiger partial charge < -0.3 is 4.74 Å². The van der Waals surface area contributed by atoms with Crippen LogP contribution in [0.3, 0.4) is 0 Å². The fourth-order valence-corrected chi connectivity index (χ4v) is 3.31. The molecule has 26 heavy (non-hydrogen) atoms. The highest BCUT2D eigenvalue weighted by molar-refractivity contribution is 7.99. The Kier molecular flexibility index (Phi) is 5.64. The molecule has 1 aromatic heterocycles. The van der Waals surface area contributed by atoms with E-state index in [0.29, 0.717) is 15.9 Å². The van der Waals surface area contributed by atoms with Crippen LogP contribution in [0.4, 0.5) is 0 Å². The SMILES string of the molecule is Cc1ccc(-n2cnnc2SCC(=O)Oc2ccc(Cl)cc2C)cc1C. The van der Waals surface area contributed by atoms with Gasteiger partial charge in [-0.05, 0) is 67.8 Å². The maximum Gasteiger partial charge on any atom is 0.321 e. The van der Waals surface area contributed by atoms with Crippen LogP contribution in [0.25, 0.3) is 5.69 Å². The van der Waals surface area contributed by atoms with E-state index in [2.05, 4.69) is 36.2 Å². The summed E-state index contributed by atoms with van der Waals surface area (Å²) in [5, 5.41) is 9.31. The van der Waals surface area contributed by atoms with Gasteiger partial charge >= 0.3 is 5.97 Å². The Morgan fingerprint density at radius 2 is 1.92 bits per heavy atom. The second-order valence-corrected chi connectivity index (χ2v) is 7.30. The van der Waals surface area contributed by atoms with Gasteiger partial charge in [-0.1, -0.05) is 29.4 Å². The van der Waals surface area contributed by atoms with Crippen molar-refractivity contribution in [1.82, 2.24) is 14.8 Å². The van der Waals surface area contributed by atoms with Crippen molar-refractivity contribution in [2.24, 2.45) is 0 Å². The van der Waals surface area contributed by atoms with Crippen molar-refractivity contribution in [3.05, 3.63) is 64.4 Å². The molecule has 0 aliphatic rings. The molecule has 0 fully saturated rings. The smallest absolute Gasteiger partial charge is 0.321 e. The molecule has 0 radical (unpaired) electrons. The van der Waals surface area contributed by atoms with E-state index in [1.165, 1.54) is 22.9 Å². The Hall–Kier alpha value is -2.31. The summed E-state index contributed by atoms with van der Waals surface area (Å²) in [6, 6.07) is 11.3. The zero-order chi connectivity index (χ0) is 18.7. The van der Waals surface area contributed by atoms with E-state index in [0.717, 1.165) is 11.3 Å². The largest absolute Gasteiger partial charge is 0.426 e. The van der Waals surface area contributed by atoms with E-state index in [9.17, 15) is 4.79 Å². The molecule has 0 saturated carbocycles. The molecule has 1 heterocycles. The van der Waals surface area contributed by atoms with Gasteiger partial charge in [0.2, 0.25) is 0 Å². The molecular formula is C19H18ClN3O2S. The lowest BCUT2D eigenvalue weighted by Crippen LogP contribution is -2.12. The number of hydrogen-bond acceptors (Lipinski definition) is 5. The summed E-state index contributed by atoms with van der Waals surface area (Å²) < 4.78 is 7.26. The molecule has 0 saturated heterocycles. The number of rotatable bonds is 5. The maximum absolute atomic E-state index is 12.2. The molecule has 0 aliphatic carbocycles. The summed E-state index contributed by atoms with van der Waals surface area (Å²) in [7, 11) is 0. The number of halogens is 1. The molecule has 3 aromatic rings. The Bertz CT molecular complexity index is 956. The predicted molar refractivity (Wildman–Crippen MR) is 103 cm³/mol. The van der Waals surface area contributed by atoms with E-state index in [1.54, 1.807) is 24.5 Å². The second-order valence-electron chi connectivity index (χ2n) is 5.92. The number of carbonyl (C=O) groups is 1. The van der Waals surface area contributed by atoms with Gasteiger partial charge in [-0.25, -0.2) is 0 Å². The first-order valence-electron chi connectivity index (χ1n) is 8.01. The van der Waals surface area contributed by atoms with Crippen molar-refractivity contribution < 1.29 is 9.53 Å². The lowest BCUT2D eigenvalue weighted by molar-refractivity contribution is -0.131. The average molecular weight is 388 g/mol. The Morgan fingerprint density at radius 1 is 1.12 bits per heavy atom. The van der Waals surface area contributed by atoms with Crippen LogP contribution in [-0.4, -0.2) is 26.5 Å². The molecule has 0 aliphatic heterocycles. The normalized spacial score (nSPS) is 10.8. The lowest BCUT2D eigenvalue weighted by Gasteiger charge is -2.09.